The molecule has 0 radical (unpaired) electrons. The Morgan fingerprint density at radius 3 is 2.21 bits per heavy atom. The van der Waals surface area contributed by atoms with Crippen LogP contribution < -0.4 is 10.1 Å². The molecule has 2 N–H and O–H groups in total. The SMILES string of the molecule is CCCCCCCCCCCCCC(=O)NCCC[N+](C)(C)Cc1nc(C)c2c(c1CO)COC(C)(C)O2. The quantitative estimate of drug-likeness (QED) is 0.161. The Labute approximate surface area is 232 Å². The topological polar surface area (TPSA) is 80.7 Å². The highest BCUT2D eigenvalue weighted by atomic mass is 16.7. The standard InChI is InChI=1S/C31H55N3O4/c1-7-8-9-10-11-12-13-14-15-16-17-19-29(36)32-20-18-21-34(5,6)22-28-26(23-35)27-24-37-31(3,4)38-30(27)25(2)33-28/h35H,7-24H2,1-6H3/p+1. The van der Waals surface area contributed by atoms with Gasteiger partial charge in [-0.05, 0) is 13.3 Å². The van der Waals surface area contributed by atoms with Crippen molar-refractivity contribution in [1.82, 2.24) is 10.3 Å². The Morgan fingerprint density at radius 2 is 1.61 bits per heavy atom. The molecule has 2 heterocycles. The number of amides is 1. The fourth-order valence-corrected chi connectivity index (χ4v) is 5.23. The highest BCUT2D eigenvalue weighted by molar-refractivity contribution is 5.75. The van der Waals surface area contributed by atoms with Crippen molar-refractivity contribution in [2.75, 3.05) is 27.2 Å². The Bertz CT molecular complexity index is 854. The average Bonchev–Trinajstić information content (AvgIpc) is 2.85. The van der Waals surface area contributed by atoms with Gasteiger partial charge in [-0.15, -0.1) is 0 Å². The van der Waals surface area contributed by atoms with E-state index in [-0.39, 0.29) is 12.5 Å². The zero-order chi connectivity index (χ0) is 28.0. The minimum absolute atomic E-state index is 0.0901. The number of unbranched alkanes of at least 4 members (excludes halogenated alkanes) is 10. The Hall–Kier alpha value is -1.70. The van der Waals surface area contributed by atoms with E-state index in [2.05, 4.69) is 26.3 Å². The molecule has 0 aromatic carbocycles. The molecule has 1 aromatic heterocycles. The van der Waals surface area contributed by atoms with Crippen LogP contribution in [0.5, 0.6) is 5.75 Å². The van der Waals surface area contributed by atoms with Gasteiger partial charge in [0.25, 0.3) is 0 Å². The molecule has 1 aliphatic rings. The van der Waals surface area contributed by atoms with Crippen LogP contribution in [0, 0.1) is 6.92 Å². The third kappa shape index (κ3) is 11.6. The predicted molar refractivity (Wildman–Crippen MR) is 154 cm³/mol. The molecule has 7 nitrogen and oxygen atoms in total. The van der Waals surface area contributed by atoms with Crippen LogP contribution in [-0.2, 0) is 29.3 Å². The molecule has 1 aromatic rings. The number of aromatic nitrogens is 1. The van der Waals surface area contributed by atoms with Gasteiger partial charge in [-0.1, -0.05) is 71.1 Å². The summed E-state index contributed by atoms with van der Waals surface area (Å²) < 4.78 is 12.6. The summed E-state index contributed by atoms with van der Waals surface area (Å²) in [5, 5.41) is 13.2. The van der Waals surface area contributed by atoms with Gasteiger partial charge in [0.1, 0.15) is 18.0 Å². The van der Waals surface area contributed by atoms with Crippen molar-refractivity contribution in [3.63, 3.8) is 0 Å². The minimum Gasteiger partial charge on any atom is -0.461 e. The van der Waals surface area contributed by atoms with Gasteiger partial charge in [-0.25, -0.2) is 4.98 Å². The van der Waals surface area contributed by atoms with E-state index in [4.69, 9.17) is 14.5 Å². The summed E-state index contributed by atoms with van der Waals surface area (Å²) in [6.07, 6.45) is 15.8. The largest absolute Gasteiger partial charge is 0.461 e. The van der Waals surface area contributed by atoms with Gasteiger partial charge in [0.05, 0.1) is 39.5 Å². The fraction of sp³-hybridized carbons (Fsp3) is 0.806. The van der Waals surface area contributed by atoms with E-state index >= 15 is 0 Å². The molecule has 0 unspecified atom stereocenters. The Kier molecular flexibility index (Phi) is 14.0. The number of pyridine rings is 1. The Morgan fingerprint density at radius 1 is 1.00 bits per heavy atom. The summed E-state index contributed by atoms with van der Waals surface area (Å²) in [6.45, 7) is 10.6. The number of rotatable bonds is 19. The third-order valence-electron chi connectivity index (χ3n) is 7.54. The van der Waals surface area contributed by atoms with Crippen molar-refractivity contribution < 1.29 is 23.9 Å². The first-order valence-electron chi connectivity index (χ1n) is 15.1. The number of fused-ring (bicyclic) bond motifs is 1. The van der Waals surface area contributed by atoms with Crippen molar-refractivity contribution in [2.45, 2.75) is 137 Å². The summed E-state index contributed by atoms with van der Waals surface area (Å²) in [7, 11) is 4.33. The van der Waals surface area contributed by atoms with E-state index in [1.165, 1.54) is 57.8 Å². The van der Waals surface area contributed by atoms with Gasteiger partial charge in [0.15, 0.2) is 0 Å². The van der Waals surface area contributed by atoms with Gasteiger partial charge in [0, 0.05) is 44.4 Å². The van der Waals surface area contributed by atoms with Crippen molar-refractivity contribution in [3.8, 4) is 5.75 Å². The van der Waals surface area contributed by atoms with Crippen LogP contribution in [0.1, 0.15) is 127 Å². The zero-order valence-electron chi connectivity index (χ0n) is 25.3. The Balaban J connectivity index is 1.65. The first-order valence-corrected chi connectivity index (χ1v) is 15.1. The number of nitrogens with one attached hydrogen (secondary N) is 1. The molecule has 7 heteroatoms. The first-order chi connectivity index (χ1) is 18.1. The molecule has 0 bridgehead atoms. The average molecular weight is 535 g/mol. The summed E-state index contributed by atoms with van der Waals surface area (Å²) in [5.41, 5.74) is 3.44. The monoisotopic (exact) mass is 534 g/mol. The lowest BCUT2D eigenvalue weighted by Gasteiger charge is -2.35. The molecular formula is C31H56N3O4+. The van der Waals surface area contributed by atoms with Crippen LogP contribution in [0.2, 0.25) is 0 Å². The molecule has 0 saturated carbocycles. The predicted octanol–water partition coefficient (Wildman–Crippen LogP) is 6.31. The molecule has 2 rings (SSSR count). The minimum atomic E-state index is -0.694. The van der Waals surface area contributed by atoms with Gasteiger partial charge in [-0.2, -0.15) is 0 Å². The van der Waals surface area contributed by atoms with Crippen LogP contribution >= 0.6 is 0 Å². The highest BCUT2D eigenvalue weighted by Crippen LogP contribution is 2.37. The molecule has 0 spiro atoms. The van der Waals surface area contributed by atoms with E-state index in [0.717, 1.165) is 58.6 Å². The molecule has 218 valence electrons. The van der Waals surface area contributed by atoms with Crippen molar-refractivity contribution in [3.05, 3.63) is 22.5 Å². The van der Waals surface area contributed by atoms with Crippen molar-refractivity contribution in [2.24, 2.45) is 0 Å². The van der Waals surface area contributed by atoms with E-state index in [1.54, 1.807) is 0 Å². The summed E-state index contributed by atoms with van der Waals surface area (Å²) in [6, 6.07) is 0. The molecule has 0 saturated heterocycles. The number of carbonyl (C=O) groups is 1. The number of hydrogen-bond acceptors (Lipinski definition) is 5. The smallest absolute Gasteiger partial charge is 0.219 e. The first kappa shape index (κ1) is 32.5. The van der Waals surface area contributed by atoms with Crippen LogP contribution in [-0.4, -0.2) is 53.5 Å². The number of hydrogen-bond donors (Lipinski definition) is 2. The number of aliphatic hydroxyl groups is 1. The lowest BCUT2D eigenvalue weighted by molar-refractivity contribution is -0.904. The number of aryl methyl sites for hydroxylation is 1. The second-order valence-corrected chi connectivity index (χ2v) is 12.2. The lowest BCUT2D eigenvalue weighted by Crippen LogP contribution is -2.42. The van der Waals surface area contributed by atoms with Gasteiger partial charge in [0.2, 0.25) is 11.7 Å². The van der Waals surface area contributed by atoms with Gasteiger partial charge in [-0.3, -0.25) is 4.79 Å². The van der Waals surface area contributed by atoms with Crippen LogP contribution in [0.4, 0.5) is 0 Å². The molecule has 0 atom stereocenters. The second-order valence-electron chi connectivity index (χ2n) is 12.2. The third-order valence-corrected chi connectivity index (χ3v) is 7.54. The maximum Gasteiger partial charge on any atom is 0.219 e. The fourth-order valence-electron chi connectivity index (χ4n) is 5.23. The summed E-state index contributed by atoms with van der Waals surface area (Å²) >= 11 is 0. The number of quaternary nitrogens is 1. The summed E-state index contributed by atoms with van der Waals surface area (Å²) in [4.78, 5) is 17.1. The normalized spacial score (nSPS) is 14.7. The molecule has 38 heavy (non-hydrogen) atoms. The number of aliphatic hydroxyl groups excluding tert-OH is 1. The number of nitrogens with zero attached hydrogens (tertiary/aromatic N) is 2. The van der Waals surface area contributed by atoms with Crippen LogP contribution in [0.25, 0.3) is 0 Å². The molecule has 0 aliphatic carbocycles. The summed E-state index contributed by atoms with van der Waals surface area (Å²) in [5.74, 6) is 0.212. The van der Waals surface area contributed by atoms with E-state index < -0.39 is 5.79 Å². The number of ether oxygens (including phenoxy) is 2. The van der Waals surface area contributed by atoms with E-state index in [9.17, 15) is 9.90 Å². The molecular weight excluding hydrogens is 478 g/mol. The van der Waals surface area contributed by atoms with Gasteiger partial charge < -0.3 is 24.4 Å². The van der Waals surface area contributed by atoms with Crippen molar-refractivity contribution in [1.29, 1.82) is 0 Å². The zero-order valence-corrected chi connectivity index (χ0v) is 25.3. The van der Waals surface area contributed by atoms with E-state index in [1.807, 2.05) is 20.8 Å². The second kappa shape index (κ2) is 16.4. The molecule has 1 amide bonds. The van der Waals surface area contributed by atoms with Crippen molar-refractivity contribution >= 4 is 5.91 Å². The molecule has 1 aliphatic heterocycles. The van der Waals surface area contributed by atoms with Crippen LogP contribution in [0.3, 0.4) is 0 Å². The molecule has 0 fully saturated rings. The highest BCUT2D eigenvalue weighted by Gasteiger charge is 2.33. The van der Waals surface area contributed by atoms with Crippen LogP contribution in [0.15, 0.2) is 0 Å². The lowest BCUT2D eigenvalue weighted by atomic mass is 10.0. The maximum atomic E-state index is 12.2. The van der Waals surface area contributed by atoms with E-state index in [0.29, 0.717) is 26.1 Å². The van der Waals surface area contributed by atoms with Gasteiger partial charge >= 0.3 is 0 Å². The number of carbonyl (C=O) groups excluding carboxylic acids is 1. The maximum absolute atomic E-state index is 12.2.